The van der Waals surface area contributed by atoms with Gasteiger partial charge in [0.15, 0.2) is 0 Å². The minimum absolute atomic E-state index is 0.704. The molecule has 2 fully saturated rings. The zero-order chi connectivity index (χ0) is 26.3. The number of nitrogens with zero attached hydrogens (tertiary/aromatic N) is 3. The number of para-hydroxylation sites is 1. The van der Waals surface area contributed by atoms with E-state index in [0.717, 1.165) is 47.1 Å². The van der Waals surface area contributed by atoms with E-state index in [0.29, 0.717) is 13.2 Å². The molecule has 0 radical (unpaired) electrons. The van der Waals surface area contributed by atoms with Gasteiger partial charge in [-0.15, -0.1) is 0 Å². The van der Waals surface area contributed by atoms with Crippen molar-refractivity contribution < 1.29 is 9.47 Å². The molecule has 1 N–H and O–H groups in total. The second kappa shape index (κ2) is 12.7. The van der Waals surface area contributed by atoms with Gasteiger partial charge >= 0.3 is 0 Å². The third kappa shape index (κ3) is 6.45. The summed E-state index contributed by atoms with van der Waals surface area (Å²) in [7, 11) is 0. The summed E-state index contributed by atoms with van der Waals surface area (Å²) in [5.41, 5.74) is 9.71. The van der Waals surface area contributed by atoms with E-state index in [9.17, 15) is 0 Å². The van der Waals surface area contributed by atoms with Crippen LogP contribution in [0.25, 0.3) is 11.1 Å². The topological polar surface area (TPSA) is 49.3 Å². The first-order chi connectivity index (χ1) is 19.3. The van der Waals surface area contributed by atoms with E-state index in [2.05, 4.69) is 51.6 Å². The smallest absolute Gasteiger partial charge is 0.120 e. The van der Waals surface area contributed by atoms with E-state index in [1.165, 1.54) is 75.8 Å². The molecule has 0 amide bonds. The number of piperidine rings is 2. The summed E-state index contributed by atoms with van der Waals surface area (Å²) < 4.78 is 12.5. The van der Waals surface area contributed by atoms with Crippen molar-refractivity contribution in [2.45, 2.75) is 38.5 Å². The lowest BCUT2D eigenvalue weighted by atomic mass is 10.1. The molecule has 39 heavy (non-hydrogen) atoms. The van der Waals surface area contributed by atoms with Crippen LogP contribution >= 0.6 is 0 Å². The summed E-state index contributed by atoms with van der Waals surface area (Å²) in [5.74, 6) is 1.79. The van der Waals surface area contributed by atoms with Gasteiger partial charge in [0, 0.05) is 24.2 Å². The van der Waals surface area contributed by atoms with Crippen LogP contribution in [0.3, 0.4) is 0 Å². The number of benzene rings is 3. The first-order valence-corrected chi connectivity index (χ1v) is 14.7. The van der Waals surface area contributed by atoms with Crippen LogP contribution in [0, 0.1) is 0 Å². The monoisotopic (exact) mass is 524 g/mol. The Morgan fingerprint density at radius 2 is 1.10 bits per heavy atom. The van der Waals surface area contributed by atoms with Gasteiger partial charge in [0.25, 0.3) is 0 Å². The summed E-state index contributed by atoms with van der Waals surface area (Å²) in [6, 6.07) is 22.9. The molecule has 0 saturated carbocycles. The summed E-state index contributed by atoms with van der Waals surface area (Å²) >= 11 is 0. The Labute approximate surface area is 232 Å². The molecule has 204 valence electrons. The predicted octanol–water partition coefficient (Wildman–Crippen LogP) is 6.26. The Morgan fingerprint density at radius 3 is 1.62 bits per heavy atom. The van der Waals surface area contributed by atoms with Crippen LogP contribution in [0.1, 0.15) is 49.7 Å². The maximum absolute atomic E-state index is 6.23. The fourth-order valence-corrected chi connectivity index (χ4v) is 5.94. The minimum atomic E-state index is 0.704. The summed E-state index contributed by atoms with van der Waals surface area (Å²) in [4.78, 5) is 5.02. The van der Waals surface area contributed by atoms with Crippen molar-refractivity contribution in [3.63, 3.8) is 0 Å². The molecule has 2 aliphatic heterocycles. The van der Waals surface area contributed by atoms with Gasteiger partial charge in [0.2, 0.25) is 0 Å². The van der Waals surface area contributed by atoms with Crippen molar-refractivity contribution >= 4 is 11.4 Å². The SMILES string of the molecule is c1ccc(NN=C2c3cc(OCCN4CCCCC4)ccc3-c3ccc(OCCN4CCCCC4)cc32)cc1. The van der Waals surface area contributed by atoms with Gasteiger partial charge < -0.3 is 9.47 Å². The van der Waals surface area contributed by atoms with Crippen molar-refractivity contribution in [2.75, 3.05) is 57.9 Å². The fourth-order valence-electron chi connectivity index (χ4n) is 5.94. The van der Waals surface area contributed by atoms with Gasteiger partial charge in [0.05, 0.1) is 11.4 Å². The van der Waals surface area contributed by atoms with E-state index in [1.54, 1.807) is 0 Å². The molecule has 1 aliphatic carbocycles. The van der Waals surface area contributed by atoms with Crippen molar-refractivity contribution in [3.05, 3.63) is 77.9 Å². The molecule has 2 heterocycles. The molecule has 2 saturated heterocycles. The largest absolute Gasteiger partial charge is 0.492 e. The highest BCUT2D eigenvalue weighted by atomic mass is 16.5. The Bertz CT molecular complexity index is 1190. The maximum Gasteiger partial charge on any atom is 0.120 e. The first-order valence-electron chi connectivity index (χ1n) is 14.7. The van der Waals surface area contributed by atoms with Crippen molar-refractivity contribution in [3.8, 4) is 22.6 Å². The standard InChI is InChI=1S/C33H40N4O2/c1-4-10-26(11-5-1)34-35-33-31-24-27(38-22-20-36-16-6-2-7-17-36)12-14-29(31)30-15-13-28(25-32(30)33)39-23-21-37-18-8-3-9-19-37/h1,4-5,10-15,24-25,34H,2-3,6-9,16-23H2. The van der Waals surface area contributed by atoms with Gasteiger partial charge in [-0.1, -0.05) is 31.0 Å². The summed E-state index contributed by atoms with van der Waals surface area (Å²) in [5, 5.41) is 4.90. The predicted molar refractivity (Wildman–Crippen MR) is 159 cm³/mol. The Kier molecular flexibility index (Phi) is 8.41. The Hall–Kier alpha value is -3.35. The molecule has 6 nitrogen and oxygen atoms in total. The number of hydrogen-bond donors (Lipinski definition) is 1. The van der Waals surface area contributed by atoms with Crippen molar-refractivity contribution in [1.29, 1.82) is 0 Å². The minimum Gasteiger partial charge on any atom is -0.492 e. The number of hydrogen-bond acceptors (Lipinski definition) is 6. The quantitative estimate of drug-likeness (QED) is 0.248. The van der Waals surface area contributed by atoms with E-state index in [-0.39, 0.29) is 0 Å². The molecular weight excluding hydrogens is 484 g/mol. The Morgan fingerprint density at radius 1 is 0.590 bits per heavy atom. The van der Waals surface area contributed by atoms with E-state index in [4.69, 9.17) is 14.6 Å². The molecular formula is C33H40N4O2. The van der Waals surface area contributed by atoms with E-state index in [1.807, 2.05) is 30.3 Å². The van der Waals surface area contributed by atoms with Gasteiger partial charge in [-0.05, 0) is 112 Å². The molecule has 0 bridgehead atoms. The second-order valence-corrected chi connectivity index (χ2v) is 10.9. The molecule has 3 aliphatic rings. The zero-order valence-corrected chi connectivity index (χ0v) is 22.9. The average Bonchev–Trinajstić information content (AvgIpc) is 3.30. The van der Waals surface area contributed by atoms with Crippen LogP contribution in [0.2, 0.25) is 0 Å². The molecule has 3 aromatic rings. The van der Waals surface area contributed by atoms with Crippen LogP contribution in [-0.4, -0.2) is 68.0 Å². The lowest BCUT2D eigenvalue weighted by Crippen LogP contribution is -2.33. The highest BCUT2D eigenvalue weighted by Gasteiger charge is 2.27. The van der Waals surface area contributed by atoms with Gasteiger partial charge in [-0.2, -0.15) is 5.10 Å². The molecule has 6 heteroatoms. The third-order valence-corrected chi connectivity index (χ3v) is 8.10. The molecule has 3 aromatic carbocycles. The number of fused-ring (bicyclic) bond motifs is 3. The number of hydrazone groups is 1. The van der Waals surface area contributed by atoms with Crippen LogP contribution in [0.15, 0.2) is 71.8 Å². The van der Waals surface area contributed by atoms with Crippen LogP contribution in [0.4, 0.5) is 5.69 Å². The normalized spacial score (nSPS) is 17.4. The molecule has 0 unspecified atom stereocenters. The fraction of sp³-hybridized carbons (Fsp3) is 0.424. The lowest BCUT2D eigenvalue weighted by Gasteiger charge is -2.26. The number of likely N-dealkylation sites (tertiary alicyclic amines) is 2. The number of anilines is 1. The van der Waals surface area contributed by atoms with E-state index < -0.39 is 0 Å². The highest BCUT2D eigenvalue weighted by molar-refractivity contribution is 6.25. The van der Waals surface area contributed by atoms with Crippen molar-refractivity contribution in [2.24, 2.45) is 5.10 Å². The highest BCUT2D eigenvalue weighted by Crippen LogP contribution is 2.40. The second-order valence-electron chi connectivity index (χ2n) is 10.9. The van der Waals surface area contributed by atoms with E-state index >= 15 is 0 Å². The zero-order valence-electron chi connectivity index (χ0n) is 22.9. The van der Waals surface area contributed by atoms with Gasteiger partial charge in [-0.25, -0.2) is 0 Å². The van der Waals surface area contributed by atoms with Crippen LogP contribution < -0.4 is 14.9 Å². The van der Waals surface area contributed by atoms with Crippen LogP contribution in [-0.2, 0) is 0 Å². The molecule has 0 aromatic heterocycles. The molecule has 0 spiro atoms. The lowest BCUT2D eigenvalue weighted by molar-refractivity contribution is 0.183. The Balaban J connectivity index is 1.20. The van der Waals surface area contributed by atoms with Crippen LogP contribution in [0.5, 0.6) is 11.5 Å². The average molecular weight is 525 g/mol. The summed E-state index contributed by atoms with van der Waals surface area (Å²) in [6.45, 7) is 8.11. The first kappa shape index (κ1) is 25.9. The third-order valence-electron chi connectivity index (χ3n) is 8.10. The molecule has 6 rings (SSSR count). The van der Waals surface area contributed by atoms with Gasteiger partial charge in [0.1, 0.15) is 24.7 Å². The summed E-state index contributed by atoms with van der Waals surface area (Å²) in [6.07, 6.45) is 7.91. The van der Waals surface area contributed by atoms with Crippen molar-refractivity contribution in [1.82, 2.24) is 9.80 Å². The molecule has 0 atom stereocenters. The number of rotatable bonds is 10. The number of ether oxygens (including phenoxy) is 2. The maximum atomic E-state index is 6.23. The number of nitrogens with one attached hydrogen (secondary N) is 1. The van der Waals surface area contributed by atoms with Gasteiger partial charge in [-0.3, -0.25) is 15.2 Å².